The number of thiophene rings is 2. The van der Waals surface area contributed by atoms with E-state index in [0.29, 0.717) is 6.71 Å². The molecule has 0 aromatic carbocycles. The van der Waals surface area contributed by atoms with Gasteiger partial charge in [-0.2, -0.15) is 27.4 Å². The highest BCUT2D eigenvalue weighted by molar-refractivity contribution is 9.11. The first-order valence-electron chi connectivity index (χ1n) is 12.9. The largest absolute Gasteiger partial charge is 0.413 e. The van der Waals surface area contributed by atoms with Crippen molar-refractivity contribution < 1.29 is 4.84 Å². The van der Waals surface area contributed by atoms with E-state index in [9.17, 15) is 0 Å². The maximum Gasteiger partial charge on any atom is 0.239 e. The highest BCUT2D eigenvalue weighted by Gasteiger charge is 2.26. The lowest BCUT2D eigenvalue weighted by molar-refractivity contribution is 0.104. The minimum atomic E-state index is 0.215. The second kappa shape index (κ2) is 14.0. The molecule has 3 nitrogen and oxygen atoms in total. The van der Waals surface area contributed by atoms with Crippen LogP contribution in [0, 0.1) is 5.92 Å². The molecule has 0 aliphatic carbocycles. The molecule has 36 heavy (non-hydrogen) atoms. The molecule has 0 spiro atoms. The van der Waals surface area contributed by atoms with Gasteiger partial charge in [-0.25, -0.2) is 4.98 Å². The molecule has 3 heterocycles. The first-order chi connectivity index (χ1) is 16.8. The molecular weight excluding hydrogens is 547 g/mol. The summed E-state index contributed by atoms with van der Waals surface area (Å²) in [5.41, 5.74) is 3.32. The van der Waals surface area contributed by atoms with Crippen molar-refractivity contribution in [3.8, 4) is 0 Å². The van der Waals surface area contributed by atoms with Crippen molar-refractivity contribution >= 4 is 54.9 Å². The van der Waals surface area contributed by atoms with Crippen molar-refractivity contribution in [2.24, 2.45) is 5.92 Å². The Kier molecular flexibility index (Phi) is 12.0. The first-order valence-corrected chi connectivity index (χ1v) is 15.4. The second-order valence-electron chi connectivity index (χ2n) is 11.8. The van der Waals surface area contributed by atoms with Gasteiger partial charge in [-0.05, 0) is 78.8 Å². The number of aromatic nitrogens is 2. The molecule has 0 aliphatic rings. The fraction of sp³-hybridized carbons (Fsp3) is 0.552. The third-order valence-corrected chi connectivity index (χ3v) is 8.36. The third kappa shape index (κ3) is 10.6. The molecule has 0 N–H and O–H groups in total. The van der Waals surface area contributed by atoms with Gasteiger partial charge in [-0.3, -0.25) is 0 Å². The molecule has 0 amide bonds. The van der Waals surface area contributed by atoms with Crippen molar-refractivity contribution in [3.63, 3.8) is 0 Å². The zero-order valence-corrected chi connectivity index (χ0v) is 26.8. The highest BCUT2D eigenvalue weighted by Crippen LogP contribution is 2.26. The average Bonchev–Trinajstić information content (AvgIpc) is 3.52. The van der Waals surface area contributed by atoms with Crippen LogP contribution in [0.1, 0.15) is 86.3 Å². The Hall–Kier alpha value is -1.31. The molecule has 0 unspecified atom stereocenters. The van der Waals surface area contributed by atoms with Gasteiger partial charge in [0, 0.05) is 6.20 Å². The van der Waals surface area contributed by atoms with Gasteiger partial charge in [0.1, 0.15) is 12.9 Å². The molecule has 0 fully saturated rings. The van der Waals surface area contributed by atoms with E-state index in [1.165, 1.54) is 31.6 Å². The van der Waals surface area contributed by atoms with Crippen molar-refractivity contribution in [1.82, 2.24) is 9.71 Å². The van der Waals surface area contributed by atoms with Crippen LogP contribution in [0.4, 0.5) is 0 Å². The van der Waals surface area contributed by atoms with Crippen LogP contribution in [0.25, 0.3) is 0 Å². The van der Waals surface area contributed by atoms with Crippen LogP contribution < -0.4 is 14.4 Å². The van der Waals surface area contributed by atoms with Crippen molar-refractivity contribution in [2.75, 3.05) is 6.61 Å². The van der Waals surface area contributed by atoms with Crippen LogP contribution in [0.3, 0.4) is 0 Å². The van der Waals surface area contributed by atoms with Crippen molar-refractivity contribution in [3.05, 3.63) is 63.3 Å². The van der Waals surface area contributed by atoms with Gasteiger partial charge in [-0.15, -0.1) is 0 Å². The van der Waals surface area contributed by atoms with Gasteiger partial charge in [0.05, 0.1) is 6.20 Å². The highest BCUT2D eigenvalue weighted by atomic mass is 79.9. The SMILES string of the molecule is CC(Br)=CCB(c1cc(C(C)(C)C)cs1)c1cc(C(C)(C)C)cs1.CC(C)CCCOn1ccnc1. The Bertz CT molecular complexity index is 1000. The number of hydrogen-bond acceptors (Lipinski definition) is 4. The van der Waals surface area contributed by atoms with Crippen LogP contribution in [-0.4, -0.2) is 23.0 Å². The number of imidazole rings is 1. The summed E-state index contributed by atoms with van der Waals surface area (Å²) in [5, 5.41) is 4.68. The summed E-state index contributed by atoms with van der Waals surface area (Å²) in [4.78, 5) is 9.22. The minimum Gasteiger partial charge on any atom is -0.413 e. The molecule has 0 saturated carbocycles. The number of nitrogens with zero attached hydrogens (tertiary/aromatic N) is 2. The van der Waals surface area contributed by atoms with Crippen LogP contribution >= 0.6 is 38.6 Å². The normalized spacial score (nSPS) is 12.5. The van der Waals surface area contributed by atoms with Crippen molar-refractivity contribution in [1.29, 1.82) is 0 Å². The zero-order chi connectivity index (χ0) is 26.9. The molecule has 0 atom stereocenters. The standard InChI is InChI=1S/C20H28BBrS2.C9H16N2O/c1-14(22)8-9-21(17-10-15(12-23-17)19(2,3)4)18-11-16(13-24-18)20(5,6)7;1-9(2)4-3-7-12-11-6-5-10-8-11/h8,10-13H,9H2,1-7H3;5-6,8-9H,3-4,7H2,1-2H3. The quantitative estimate of drug-likeness (QED) is 0.186. The van der Waals surface area contributed by atoms with Gasteiger partial charge >= 0.3 is 0 Å². The third-order valence-electron chi connectivity index (χ3n) is 5.94. The molecule has 0 radical (unpaired) electrons. The maximum atomic E-state index is 5.35. The predicted octanol–water partition coefficient (Wildman–Crippen LogP) is 8.06. The molecule has 0 aliphatic heterocycles. The smallest absolute Gasteiger partial charge is 0.239 e. The fourth-order valence-corrected chi connectivity index (χ4v) is 6.29. The Morgan fingerprint density at radius 2 is 1.61 bits per heavy atom. The number of hydrogen-bond donors (Lipinski definition) is 0. The Balaban J connectivity index is 0.000000319. The Morgan fingerprint density at radius 3 is 2.00 bits per heavy atom. The molecule has 7 heteroatoms. The van der Waals surface area contributed by atoms with Crippen LogP contribution in [0.15, 0.2) is 52.2 Å². The lowest BCUT2D eigenvalue weighted by Crippen LogP contribution is -2.38. The number of halogens is 1. The summed E-state index contributed by atoms with van der Waals surface area (Å²) in [6.07, 6.45) is 10.8. The van der Waals surface area contributed by atoms with Gasteiger partial charge < -0.3 is 4.84 Å². The lowest BCUT2D eigenvalue weighted by Gasteiger charge is -2.17. The zero-order valence-electron chi connectivity index (χ0n) is 23.6. The topological polar surface area (TPSA) is 27.1 Å². The Morgan fingerprint density at radius 1 is 1.06 bits per heavy atom. The number of rotatable bonds is 9. The number of allylic oxidation sites excluding steroid dienone is 2. The Labute approximate surface area is 236 Å². The van der Waals surface area contributed by atoms with Gasteiger partial charge in [0.2, 0.25) is 6.71 Å². The fourth-order valence-electron chi connectivity index (χ4n) is 3.50. The maximum absolute atomic E-state index is 5.35. The lowest BCUT2D eigenvalue weighted by atomic mass is 9.45. The van der Waals surface area contributed by atoms with E-state index in [4.69, 9.17) is 4.84 Å². The van der Waals surface area contributed by atoms with Gasteiger partial charge in [0.15, 0.2) is 0 Å². The summed E-state index contributed by atoms with van der Waals surface area (Å²) in [6.45, 7) is 21.5. The molecule has 198 valence electrons. The molecular formula is C29H44BBrN2OS2. The van der Waals surface area contributed by atoms with E-state index >= 15 is 0 Å². The summed E-state index contributed by atoms with van der Waals surface area (Å²) in [7, 11) is 0. The molecule has 3 aromatic rings. The van der Waals surface area contributed by atoms with E-state index in [1.807, 2.05) is 22.7 Å². The van der Waals surface area contributed by atoms with E-state index in [-0.39, 0.29) is 10.8 Å². The predicted molar refractivity (Wildman–Crippen MR) is 166 cm³/mol. The summed E-state index contributed by atoms with van der Waals surface area (Å²) in [5.74, 6) is 0.761. The average molecular weight is 592 g/mol. The van der Waals surface area contributed by atoms with Gasteiger partial charge in [0.25, 0.3) is 0 Å². The summed E-state index contributed by atoms with van der Waals surface area (Å²) in [6, 6.07) is 4.84. The van der Waals surface area contributed by atoms with Crippen LogP contribution in [-0.2, 0) is 10.8 Å². The van der Waals surface area contributed by atoms with Crippen LogP contribution in [0.5, 0.6) is 0 Å². The monoisotopic (exact) mass is 590 g/mol. The van der Waals surface area contributed by atoms with Gasteiger partial charge in [-0.1, -0.05) is 89.5 Å². The van der Waals surface area contributed by atoms with E-state index in [1.54, 1.807) is 23.5 Å². The summed E-state index contributed by atoms with van der Waals surface area (Å²) < 4.78 is 5.81. The second-order valence-corrected chi connectivity index (χ2v) is 15.0. The molecule has 0 saturated heterocycles. The molecule has 0 bridgehead atoms. The first kappa shape index (κ1) is 30.9. The molecule has 3 rings (SSSR count). The van der Waals surface area contributed by atoms with E-state index < -0.39 is 0 Å². The summed E-state index contributed by atoms with van der Waals surface area (Å²) >= 11 is 7.41. The van der Waals surface area contributed by atoms with E-state index in [2.05, 4.69) is 112 Å². The van der Waals surface area contributed by atoms with Crippen molar-refractivity contribution in [2.45, 2.75) is 92.3 Å². The van der Waals surface area contributed by atoms with Crippen LogP contribution in [0.2, 0.25) is 6.32 Å². The minimum absolute atomic E-state index is 0.215. The molecule has 3 aromatic heterocycles. The van der Waals surface area contributed by atoms with E-state index in [0.717, 1.165) is 25.3 Å².